The van der Waals surface area contributed by atoms with Crippen LogP contribution in [0.4, 0.5) is 5.69 Å². The Morgan fingerprint density at radius 1 is 1.44 bits per heavy atom. The molecule has 86 valence electrons. The van der Waals surface area contributed by atoms with Crippen molar-refractivity contribution in [3.05, 3.63) is 24.0 Å². The minimum absolute atomic E-state index is 0.344. The molecule has 4 heteroatoms. The van der Waals surface area contributed by atoms with Crippen LogP contribution in [0.3, 0.4) is 0 Å². The van der Waals surface area contributed by atoms with E-state index in [1.165, 1.54) is 6.20 Å². The molecule has 0 amide bonds. The van der Waals surface area contributed by atoms with Crippen molar-refractivity contribution in [2.45, 2.75) is 13.8 Å². The van der Waals surface area contributed by atoms with E-state index in [1.807, 2.05) is 0 Å². The summed E-state index contributed by atoms with van der Waals surface area (Å²) in [5.74, 6) is 0.313. The first-order valence-corrected chi connectivity index (χ1v) is 5.52. The molecule has 1 aliphatic rings. The minimum Gasteiger partial charge on any atom is -0.478 e. The molecule has 0 aromatic carbocycles. The predicted molar refractivity (Wildman–Crippen MR) is 61.7 cm³/mol. The molecule has 2 atom stereocenters. The highest BCUT2D eigenvalue weighted by molar-refractivity contribution is 5.94. The molecule has 0 aliphatic carbocycles. The third-order valence-corrected chi connectivity index (χ3v) is 3.36. The fourth-order valence-electron chi connectivity index (χ4n) is 2.15. The Hall–Kier alpha value is -1.58. The van der Waals surface area contributed by atoms with Crippen LogP contribution in [-0.4, -0.2) is 29.1 Å². The maximum absolute atomic E-state index is 11.1. The molecular weight excluding hydrogens is 204 g/mol. The summed E-state index contributed by atoms with van der Waals surface area (Å²) in [7, 11) is 0. The number of pyridine rings is 1. The van der Waals surface area contributed by atoms with Gasteiger partial charge in [0, 0.05) is 19.3 Å². The van der Waals surface area contributed by atoms with Gasteiger partial charge in [-0.05, 0) is 17.9 Å². The van der Waals surface area contributed by atoms with Crippen molar-refractivity contribution in [3.63, 3.8) is 0 Å². The highest BCUT2D eigenvalue weighted by Gasteiger charge is 2.28. The number of carbonyl (C=O) groups is 1. The number of carboxylic acids is 1. The summed E-state index contributed by atoms with van der Waals surface area (Å²) in [6.45, 7) is 6.21. The molecule has 1 saturated heterocycles. The van der Waals surface area contributed by atoms with Gasteiger partial charge in [0.25, 0.3) is 0 Å². The summed E-state index contributed by atoms with van der Waals surface area (Å²) < 4.78 is 0. The fraction of sp³-hybridized carbons (Fsp3) is 0.500. The number of hydrogen-bond donors (Lipinski definition) is 1. The minimum atomic E-state index is -0.885. The summed E-state index contributed by atoms with van der Waals surface area (Å²) in [6.07, 6.45) is 3.17. The Kier molecular flexibility index (Phi) is 2.81. The van der Waals surface area contributed by atoms with Crippen LogP contribution in [0.5, 0.6) is 0 Å². The lowest BCUT2D eigenvalue weighted by atomic mass is 10.0. The van der Waals surface area contributed by atoms with Gasteiger partial charge in [0.05, 0.1) is 17.4 Å². The molecule has 0 radical (unpaired) electrons. The number of anilines is 1. The van der Waals surface area contributed by atoms with Gasteiger partial charge in [0.15, 0.2) is 0 Å². The van der Waals surface area contributed by atoms with E-state index in [0.717, 1.165) is 18.8 Å². The summed E-state index contributed by atoms with van der Waals surface area (Å²) in [4.78, 5) is 17.2. The second-order valence-corrected chi connectivity index (χ2v) is 4.56. The highest BCUT2D eigenvalue weighted by Crippen LogP contribution is 2.29. The second-order valence-electron chi connectivity index (χ2n) is 4.56. The molecular formula is C12H16N2O2. The first kappa shape index (κ1) is 10.9. The first-order valence-electron chi connectivity index (χ1n) is 5.52. The first-order chi connectivity index (χ1) is 7.59. The van der Waals surface area contributed by atoms with Crippen LogP contribution >= 0.6 is 0 Å². The lowest BCUT2D eigenvalue weighted by Gasteiger charge is -2.19. The van der Waals surface area contributed by atoms with Gasteiger partial charge in [-0.3, -0.25) is 4.98 Å². The predicted octanol–water partition coefficient (Wildman–Crippen LogP) is 1.87. The standard InChI is InChI=1S/C12H16N2O2/c1-8-6-14(7-9(8)2)11-5-13-4-3-10(11)12(15)16/h3-5,8-9H,6-7H2,1-2H3,(H,15,16). The largest absolute Gasteiger partial charge is 0.478 e. The fourth-order valence-corrected chi connectivity index (χ4v) is 2.15. The molecule has 16 heavy (non-hydrogen) atoms. The summed E-state index contributed by atoms with van der Waals surface area (Å²) >= 11 is 0. The van der Waals surface area contributed by atoms with Crippen molar-refractivity contribution in [2.75, 3.05) is 18.0 Å². The van der Waals surface area contributed by atoms with E-state index >= 15 is 0 Å². The van der Waals surface area contributed by atoms with Crippen LogP contribution in [0.1, 0.15) is 24.2 Å². The van der Waals surface area contributed by atoms with Crippen LogP contribution in [0.15, 0.2) is 18.5 Å². The number of hydrogen-bond acceptors (Lipinski definition) is 3. The van der Waals surface area contributed by atoms with Crippen LogP contribution in [0.25, 0.3) is 0 Å². The number of rotatable bonds is 2. The van der Waals surface area contributed by atoms with Gasteiger partial charge in [0.2, 0.25) is 0 Å². The molecule has 1 aromatic rings. The van der Waals surface area contributed by atoms with Crippen molar-refractivity contribution < 1.29 is 9.90 Å². The van der Waals surface area contributed by atoms with E-state index in [1.54, 1.807) is 12.3 Å². The van der Waals surface area contributed by atoms with Crippen molar-refractivity contribution >= 4 is 11.7 Å². The molecule has 1 fully saturated rings. The monoisotopic (exact) mass is 220 g/mol. The van der Waals surface area contributed by atoms with E-state index in [9.17, 15) is 4.79 Å². The average Bonchev–Trinajstić information content (AvgIpc) is 2.59. The summed E-state index contributed by atoms with van der Waals surface area (Å²) in [5, 5.41) is 9.10. The van der Waals surface area contributed by atoms with E-state index in [0.29, 0.717) is 17.4 Å². The van der Waals surface area contributed by atoms with E-state index < -0.39 is 5.97 Å². The Morgan fingerprint density at radius 2 is 2.06 bits per heavy atom. The van der Waals surface area contributed by atoms with E-state index in [4.69, 9.17) is 5.11 Å². The molecule has 0 saturated carbocycles. The van der Waals surface area contributed by atoms with Crippen LogP contribution in [0, 0.1) is 11.8 Å². The number of aromatic nitrogens is 1. The Morgan fingerprint density at radius 3 is 2.62 bits per heavy atom. The summed E-state index contributed by atoms with van der Waals surface area (Å²) in [6, 6.07) is 1.56. The average molecular weight is 220 g/mol. The van der Waals surface area contributed by atoms with Gasteiger partial charge < -0.3 is 10.0 Å². The molecule has 1 aliphatic heterocycles. The molecule has 2 unspecified atom stereocenters. The highest BCUT2D eigenvalue weighted by atomic mass is 16.4. The Balaban J connectivity index is 2.31. The number of nitrogens with zero attached hydrogens (tertiary/aromatic N) is 2. The molecule has 1 N–H and O–H groups in total. The number of aromatic carboxylic acids is 1. The Labute approximate surface area is 94.9 Å². The molecule has 1 aromatic heterocycles. The SMILES string of the molecule is CC1CN(c2cnccc2C(=O)O)CC1C. The topological polar surface area (TPSA) is 53.4 Å². The van der Waals surface area contributed by atoms with Crippen molar-refractivity contribution in [1.82, 2.24) is 4.98 Å². The Bertz CT molecular complexity index is 396. The van der Waals surface area contributed by atoms with Gasteiger partial charge in [-0.2, -0.15) is 0 Å². The zero-order chi connectivity index (χ0) is 11.7. The van der Waals surface area contributed by atoms with E-state index in [2.05, 4.69) is 23.7 Å². The molecule has 2 rings (SSSR count). The molecule has 4 nitrogen and oxygen atoms in total. The lowest BCUT2D eigenvalue weighted by molar-refractivity contribution is 0.0697. The summed E-state index contributed by atoms with van der Waals surface area (Å²) in [5.41, 5.74) is 1.09. The van der Waals surface area contributed by atoms with Gasteiger partial charge >= 0.3 is 5.97 Å². The van der Waals surface area contributed by atoms with Crippen LogP contribution < -0.4 is 4.90 Å². The van der Waals surface area contributed by atoms with Crippen LogP contribution in [0.2, 0.25) is 0 Å². The molecule has 0 spiro atoms. The maximum Gasteiger partial charge on any atom is 0.337 e. The van der Waals surface area contributed by atoms with E-state index in [-0.39, 0.29) is 0 Å². The number of carboxylic acid groups (broad SMARTS) is 1. The zero-order valence-corrected chi connectivity index (χ0v) is 9.55. The van der Waals surface area contributed by atoms with Gasteiger partial charge in [0.1, 0.15) is 0 Å². The molecule has 2 heterocycles. The van der Waals surface area contributed by atoms with Gasteiger partial charge in [-0.1, -0.05) is 13.8 Å². The van der Waals surface area contributed by atoms with Crippen molar-refractivity contribution in [2.24, 2.45) is 11.8 Å². The smallest absolute Gasteiger partial charge is 0.337 e. The lowest BCUT2D eigenvalue weighted by Crippen LogP contribution is -2.22. The van der Waals surface area contributed by atoms with Crippen molar-refractivity contribution in [3.8, 4) is 0 Å². The normalized spacial score (nSPS) is 24.8. The second kappa shape index (κ2) is 4.12. The maximum atomic E-state index is 11.1. The van der Waals surface area contributed by atoms with Gasteiger partial charge in [-0.15, -0.1) is 0 Å². The third-order valence-electron chi connectivity index (χ3n) is 3.36. The molecule has 0 bridgehead atoms. The zero-order valence-electron chi connectivity index (χ0n) is 9.55. The van der Waals surface area contributed by atoms with Gasteiger partial charge in [-0.25, -0.2) is 4.79 Å². The van der Waals surface area contributed by atoms with Crippen LogP contribution in [-0.2, 0) is 0 Å². The quantitative estimate of drug-likeness (QED) is 0.826. The third kappa shape index (κ3) is 1.87. The van der Waals surface area contributed by atoms with Crippen molar-refractivity contribution in [1.29, 1.82) is 0 Å².